The first-order valence-electron chi connectivity index (χ1n) is 13.5. The van der Waals surface area contributed by atoms with E-state index in [0.717, 1.165) is 17.3 Å². The number of unbranched alkanes of at least 4 members (excludes halogenated alkanes) is 1. The van der Waals surface area contributed by atoms with E-state index in [1.807, 2.05) is 16.4 Å². The number of halogens is 1. The van der Waals surface area contributed by atoms with Crippen molar-refractivity contribution < 1.29 is 54.8 Å². The summed E-state index contributed by atoms with van der Waals surface area (Å²) >= 11 is 3.21. The van der Waals surface area contributed by atoms with Gasteiger partial charge in [-0.05, 0) is 87.5 Å². The summed E-state index contributed by atoms with van der Waals surface area (Å²) in [6.07, 6.45) is 3.19. The van der Waals surface area contributed by atoms with Gasteiger partial charge in [0.1, 0.15) is 11.2 Å². The van der Waals surface area contributed by atoms with Crippen LogP contribution in [0.3, 0.4) is 0 Å². The fourth-order valence-electron chi connectivity index (χ4n) is 2.62. The summed E-state index contributed by atoms with van der Waals surface area (Å²) in [6, 6.07) is 0. The molecular weight excluding hydrogens is 643 g/mol. The topological polar surface area (TPSA) is 145 Å². The molecule has 0 heterocycles. The number of amides is 2. The second kappa shape index (κ2) is 19.4. The molecule has 0 bridgehead atoms. The quantitative estimate of drug-likeness (QED) is 0.168. The minimum atomic E-state index is -3.70. The average molecular weight is 696 g/mol. The molecule has 2 amide bonds. The predicted molar refractivity (Wildman–Crippen MR) is 170 cm³/mol. The fraction of sp³-hybridized carbons (Fsp3) is 0.750. The van der Waals surface area contributed by atoms with E-state index in [2.05, 4.69) is 42.9 Å². The minimum Gasteiger partial charge on any atom is -0.443 e. The van der Waals surface area contributed by atoms with Crippen molar-refractivity contribution in [2.24, 2.45) is 0 Å². The number of carbonyl (C=O) groups excluding carboxylic acids is 2. The van der Waals surface area contributed by atoms with Gasteiger partial charge in [-0.15, -0.1) is 6.58 Å². The maximum Gasteiger partial charge on any atom is 1.00 e. The Bertz CT molecular complexity index is 1090. The van der Waals surface area contributed by atoms with E-state index in [9.17, 15) is 26.4 Å². The van der Waals surface area contributed by atoms with Crippen LogP contribution in [0.5, 0.6) is 0 Å². The molecule has 2 fully saturated rings. The van der Waals surface area contributed by atoms with Gasteiger partial charge in [0.05, 0.1) is 10.00 Å². The standard InChI is InChI=1S/C12H21NO4S.C8H15NO4S.C4H7Br.C4H9.Li/c1-9(2)8-12(6-7-12)18(15,16)13-10(14)17-11(3,4)5;1-8(2,3)13-7(10)9-14(11,12)6-4-5-6;1-4(2)3-5;1-3-4-2;/h1,6-8H2,2-5H3,(H,13,14);6H,4-5H2,1-3H3,(H,9,10);1,3H2,2H3;1,3-4H2,2H3;/q;;;-1;+1. The van der Waals surface area contributed by atoms with Gasteiger partial charge in [-0.25, -0.2) is 35.9 Å². The van der Waals surface area contributed by atoms with Crippen LogP contribution in [0.1, 0.15) is 107 Å². The first-order chi connectivity index (χ1) is 18.4. The second-order valence-corrected chi connectivity index (χ2v) is 16.8. The Labute approximate surface area is 276 Å². The van der Waals surface area contributed by atoms with Crippen molar-refractivity contribution in [2.75, 3.05) is 5.33 Å². The van der Waals surface area contributed by atoms with Crippen molar-refractivity contribution in [1.82, 2.24) is 9.44 Å². The molecule has 2 N–H and O–H groups in total. The van der Waals surface area contributed by atoms with Gasteiger partial charge in [0.15, 0.2) is 0 Å². The third-order valence-electron chi connectivity index (χ3n) is 4.79. The zero-order valence-electron chi connectivity index (χ0n) is 27.3. The average Bonchev–Trinajstić information content (AvgIpc) is 3.64. The third-order valence-corrected chi connectivity index (χ3v) is 9.67. The minimum absolute atomic E-state index is 0. The van der Waals surface area contributed by atoms with Crippen LogP contribution in [0.15, 0.2) is 24.3 Å². The normalized spacial score (nSPS) is 15.2. The Morgan fingerprint density at radius 1 is 0.905 bits per heavy atom. The van der Waals surface area contributed by atoms with E-state index in [1.54, 1.807) is 48.5 Å². The Hall–Kier alpha value is -1.00. The first-order valence-corrected chi connectivity index (χ1v) is 17.7. The number of carbonyl (C=O) groups is 2. The molecule has 14 heteroatoms. The van der Waals surface area contributed by atoms with Gasteiger partial charge in [0, 0.05) is 5.33 Å². The summed E-state index contributed by atoms with van der Waals surface area (Å²) in [5.74, 6) is 0. The van der Waals surface area contributed by atoms with Crippen LogP contribution in [0.4, 0.5) is 9.59 Å². The van der Waals surface area contributed by atoms with Crippen LogP contribution in [-0.2, 0) is 29.5 Å². The number of alkyl halides is 1. The largest absolute Gasteiger partial charge is 1.00 e. The van der Waals surface area contributed by atoms with E-state index >= 15 is 0 Å². The van der Waals surface area contributed by atoms with E-state index in [0.29, 0.717) is 32.1 Å². The molecular formula is C28H52BrLiN2O8S2. The van der Waals surface area contributed by atoms with Crippen LogP contribution < -0.4 is 28.3 Å². The van der Waals surface area contributed by atoms with Gasteiger partial charge in [0.2, 0.25) is 20.0 Å². The van der Waals surface area contributed by atoms with E-state index in [1.165, 1.54) is 12.0 Å². The number of rotatable bonds is 8. The van der Waals surface area contributed by atoms with Crippen LogP contribution in [-0.4, -0.2) is 55.6 Å². The number of hydrogen-bond acceptors (Lipinski definition) is 8. The number of hydrogen-bond donors (Lipinski definition) is 2. The molecule has 0 atom stereocenters. The molecule has 2 saturated carbocycles. The number of ether oxygens (including phenoxy) is 2. The van der Waals surface area contributed by atoms with Crippen molar-refractivity contribution in [3.63, 3.8) is 0 Å². The van der Waals surface area contributed by atoms with Gasteiger partial charge >= 0.3 is 31.0 Å². The Balaban J connectivity index is -0.000000560. The molecule has 2 rings (SSSR count). The molecule has 242 valence electrons. The van der Waals surface area contributed by atoms with Crippen LogP contribution in [0.25, 0.3) is 0 Å². The monoisotopic (exact) mass is 694 g/mol. The van der Waals surface area contributed by atoms with E-state index < -0.39 is 53.4 Å². The second-order valence-electron chi connectivity index (χ2n) is 12.2. The molecule has 0 aromatic carbocycles. The predicted octanol–water partition coefficient (Wildman–Crippen LogP) is 3.92. The van der Waals surface area contributed by atoms with Gasteiger partial charge in [-0.2, -0.15) is 6.42 Å². The van der Waals surface area contributed by atoms with E-state index in [4.69, 9.17) is 9.47 Å². The molecule has 0 aliphatic heterocycles. The molecule has 0 aromatic heterocycles. The SMILES string of the molecule is C=C(C)CBr.C=C(C)CC1(S(=O)(=O)NC(=O)OC(C)(C)C)CC1.CC(C)(C)OC(=O)NS(=O)(=O)C1CC1.[CH2-]CCC.[Li+]. The summed E-state index contributed by atoms with van der Waals surface area (Å²) < 4.78 is 59.5. The maximum atomic E-state index is 12.1. The summed E-state index contributed by atoms with van der Waals surface area (Å²) in [6.45, 7) is 26.9. The fourth-order valence-corrected chi connectivity index (χ4v) is 5.37. The van der Waals surface area contributed by atoms with Crippen molar-refractivity contribution in [3.8, 4) is 0 Å². The van der Waals surface area contributed by atoms with Crippen LogP contribution >= 0.6 is 15.9 Å². The molecule has 0 unspecified atom stereocenters. The van der Waals surface area contributed by atoms with Gasteiger partial charge in [-0.1, -0.05) is 47.0 Å². The van der Waals surface area contributed by atoms with Gasteiger partial charge < -0.3 is 16.4 Å². The van der Waals surface area contributed by atoms with Crippen molar-refractivity contribution in [2.45, 2.75) is 128 Å². The van der Waals surface area contributed by atoms with Gasteiger partial charge in [-0.3, -0.25) is 0 Å². The molecule has 2 aliphatic rings. The summed E-state index contributed by atoms with van der Waals surface area (Å²) in [5, 5.41) is 0.516. The zero-order valence-corrected chi connectivity index (χ0v) is 30.5. The van der Waals surface area contributed by atoms with E-state index in [-0.39, 0.29) is 18.9 Å². The molecule has 0 aromatic rings. The summed E-state index contributed by atoms with van der Waals surface area (Å²) in [4.78, 5) is 22.6. The first kappa shape index (κ1) is 45.4. The molecule has 0 radical (unpaired) electrons. The zero-order chi connectivity index (χ0) is 32.9. The third kappa shape index (κ3) is 22.5. The summed E-state index contributed by atoms with van der Waals surface area (Å²) in [7, 11) is -7.18. The Morgan fingerprint density at radius 2 is 1.26 bits per heavy atom. The van der Waals surface area contributed by atoms with Crippen molar-refractivity contribution in [1.29, 1.82) is 0 Å². The van der Waals surface area contributed by atoms with Crippen LogP contribution in [0, 0.1) is 6.92 Å². The maximum absolute atomic E-state index is 12.1. The van der Waals surface area contributed by atoms with Gasteiger partial charge in [0.25, 0.3) is 0 Å². The molecule has 2 aliphatic carbocycles. The van der Waals surface area contributed by atoms with Crippen molar-refractivity contribution >= 4 is 48.2 Å². The molecule has 10 nitrogen and oxygen atoms in total. The smallest absolute Gasteiger partial charge is 0.443 e. The Morgan fingerprint density at radius 3 is 1.50 bits per heavy atom. The number of nitrogens with one attached hydrogen (secondary N) is 2. The number of sulfonamides is 2. The van der Waals surface area contributed by atoms with Crippen LogP contribution in [0.2, 0.25) is 0 Å². The molecule has 0 spiro atoms. The molecule has 0 saturated heterocycles. The summed E-state index contributed by atoms with van der Waals surface area (Å²) in [5.41, 5.74) is 0.570. The number of allylic oxidation sites excluding steroid dienone is 2. The Kier molecular flexibility index (Phi) is 21.0. The molecule has 42 heavy (non-hydrogen) atoms. The van der Waals surface area contributed by atoms with Crippen molar-refractivity contribution in [3.05, 3.63) is 31.2 Å².